The lowest BCUT2D eigenvalue weighted by Gasteiger charge is -2.37. The predicted molar refractivity (Wildman–Crippen MR) is 76.0 cm³/mol. The number of amides is 1. The highest BCUT2D eigenvalue weighted by Crippen LogP contribution is 2.32. The fourth-order valence-corrected chi connectivity index (χ4v) is 3.64. The van der Waals surface area contributed by atoms with E-state index in [2.05, 4.69) is 4.98 Å². The Morgan fingerprint density at radius 3 is 2.57 bits per heavy atom. The first kappa shape index (κ1) is 14.1. The van der Waals surface area contributed by atoms with Gasteiger partial charge >= 0.3 is 5.97 Å². The van der Waals surface area contributed by atoms with Crippen LogP contribution < -0.4 is 0 Å². The van der Waals surface area contributed by atoms with Crippen molar-refractivity contribution >= 4 is 11.9 Å². The number of hydrogen-bond acceptors (Lipinski definition) is 3. The smallest absolute Gasteiger partial charge is 0.356 e. The fraction of sp³-hybridized carbons (Fsp3) is 0.667. The monoisotopic (exact) mass is 291 g/mol. The third-order valence-electron chi connectivity index (χ3n) is 4.90. The van der Waals surface area contributed by atoms with Gasteiger partial charge in [0.15, 0.2) is 5.69 Å². The van der Waals surface area contributed by atoms with Gasteiger partial charge in [-0.15, -0.1) is 0 Å². The van der Waals surface area contributed by atoms with Crippen molar-refractivity contribution in [2.45, 2.75) is 39.2 Å². The van der Waals surface area contributed by atoms with Crippen LogP contribution in [0.3, 0.4) is 0 Å². The molecule has 0 bridgehead atoms. The summed E-state index contributed by atoms with van der Waals surface area (Å²) in [5, 5.41) is 9.02. The molecule has 0 spiro atoms. The molecule has 3 rings (SSSR count). The number of likely N-dealkylation sites (tertiary alicyclic amines) is 1. The lowest BCUT2D eigenvalue weighted by Crippen LogP contribution is -2.40. The molecule has 0 aliphatic carbocycles. The van der Waals surface area contributed by atoms with Crippen LogP contribution >= 0.6 is 0 Å². The number of carbonyl (C=O) groups is 2. The first-order valence-electron chi connectivity index (χ1n) is 7.59. The summed E-state index contributed by atoms with van der Waals surface area (Å²) in [5.74, 6) is 1.31. The van der Waals surface area contributed by atoms with E-state index in [0.29, 0.717) is 11.8 Å². The summed E-state index contributed by atoms with van der Waals surface area (Å²) in [6.07, 6.45) is 5.69. The van der Waals surface area contributed by atoms with Crippen molar-refractivity contribution in [1.29, 1.82) is 0 Å². The number of nitrogens with zero attached hydrogens (tertiary/aromatic N) is 3. The lowest BCUT2D eigenvalue weighted by atomic mass is 9.80. The van der Waals surface area contributed by atoms with Gasteiger partial charge in [-0.3, -0.25) is 4.79 Å². The second kappa shape index (κ2) is 5.50. The number of piperidine rings is 1. The second-order valence-corrected chi connectivity index (χ2v) is 6.14. The molecular formula is C15H21N3O3. The van der Waals surface area contributed by atoms with Crippen LogP contribution in [0.25, 0.3) is 0 Å². The number of fused-ring (bicyclic) bond motifs is 1. The molecule has 1 N–H and O–H groups in total. The Kier molecular flexibility index (Phi) is 3.69. The molecule has 2 aliphatic rings. The summed E-state index contributed by atoms with van der Waals surface area (Å²) in [5.41, 5.74) is 0.150. The second-order valence-electron chi connectivity index (χ2n) is 6.14. The zero-order valence-electron chi connectivity index (χ0n) is 12.3. The molecule has 1 aromatic heterocycles. The molecule has 0 unspecified atom stereocenters. The highest BCUT2D eigenvalue weighted by atomic mass is 16.4. The fourth-order valence-electron chi connectivity index (χ4n) is 3.64. The molecule has 3 heterocycles. The van der Waals surface area contributed by atoms with Crippen LogP contribution in [0.4, 0.5) is 0 Å². The molecule has 2 aliphatic heterocycles. The van der Waals surface area contributed by atoms with E-state index < -0.39 is 5.97 Å². The molecular weight excluding hydrogens is 270 g/mol. The summed E-state index contributed by atoms with van der Waals surface area (Å²) in [7, 11) is 0. The molecule has 0 aromatic carbocycles. The molecule has 1 aromatic rings. The van der Waals surface area contributed by atoms with Gasteiger partial charge in [0.1, 0.15) is 5.82 Å². The molecule has 6 heteroatoms. The maximum Gasteiger partial charge on any atom is 0.356 e. The van der Waals surface area contributed by atoms with Gasteiger partial charge in [-0.25, -0.2) is 9.78 Å². The number of aryl methyl sites for hydroxylation is 1. The Bertz CT molecular complexity index is 559. The van der Waals surface area contributed by atoms with Crippen molar-refractivity contribution in [2.24, 2.45) is 11.8 Å². The average molecular weight is 291 g/mol. The summed E-state index contributed by atoms with van der Waals surface area (Å²) >= 11 is 0. The minimum Gasteiger partial charge on any atom is -0.476 e. The minimum atomic E-state index is -0.955. The van der Waals surface area contributed by atoms with E-state index in [0.717, 1.165) is 51.1 Å². The van der Waals surface area contributed by atoms with Crippen molar-refractivity contribution < 1.29 is 14.7 Å². The highest BCUT2D eigenvalue weighted by Gasteiger charge is 2.31. The van der Waals surface area contributed by atoms with Gasteiger partial charge in [-0.2, -0.15) is 0 Å². The van der Waals surface area contributed by atoms with E-state index in [-0.39, 0.29) is 11.6 Å². The van der Waals surface area contributed by atoms with Crippen LogP contribution in [0.5, 0.6) is 0 Å². The Labute approximate surface area is 123 Å². The van der Waals surface area contributed by atoms with Crippen LogP contribution in [0.2, 0.25) is 0 Å². The van der Waals surface area contributed by atoms with E-state index in [1.165, 1.54) is 0 Å². The Morgan fingerprint density at radius 1 is 1.24 bits per heavy atom. The van der Waals surface area contributed by atoms with Crippen molar-refractivity contribution in [3.05, 3.63) is 17.7 Å². The summed E-state index contributed by atoms with van der Waals surface area (Å²) in [6, 6.07) is 0. The maximum absolute atomic E-state index is 11.4. The number of carboxylic acid groups (broad SMARTS) is 1. The van der Waals surface area contributed by atoms with E-state index >= 15 is 0 Å². The third kappa shape index (κ3) is 2.80. The molecule has 114 valence electrons. The van der Waals surface area contributed by atoms with Crippen molar-refractivity contribution in [3.8, 4) is 0 Å². The number of aromatic nitrogens is 2. The molecule has 1 atom stereocenters. The molecule has 6 nitrogen and oxygen atoms in total. The third-order valence-corrected chi connectivity index (χ3v) is 4.90. The molecule has 1 saturated heterocycles. The van der Waals surface area contributed by atoms with E-state index in [1.807, 2.05) is 9.47 Å². The van der Waals surface area contributed by atoms with Gasteiger partial charge in [0.05, 0.1) is 0 Å². The van der Waals surface area contributed by atoms with Gasteiger partial charge in [-0.05, 0) is 31.1 Å². The summed E-state index contributed by atoms with van der Waals surface area (Å²) < 4.78 is 2.01. The number of carboxylic acids is 1. The number of hydrogen-bond donors (Lipinski definition) is 1. The Hall–Kier alpha value is -1.85. The standard InChI is InChI=1S/C15H21N3O3/c1-10(19)17-6-4-11(5-7-17)12-2-3-14-16-13(15(20)21)9-18(14)8-12/h9,11-12H,2-8H2,1H3,(H,20,21)/t12-/m0/s1. The zero-order chi connectivity index (χ0) is 15.0. The zero-order valence-corrected chi connectivity index (χ0v) is 12.3. The number of imidazole rings is 1. The van der Waals surface area contributed by atoms with Gasteiger partial charge in [0.2, 0.25) is 5.91 Å². The van der Waals surface area contributed by atoms with Crippen molar-refractivity contribution in [1.82, 2.24) is 14.5 Å². The SMILES string of the molecule is CC(=O)N1CCC([C@H]2CCc3nc(C(=O)O)cn3C2)CC1. The number of rotatable bonds is 2. The average Bonchev–Trinajstić information content (AvgIpc) is 2.90. The van der Waals surface area contributed by atoms with E-state index in [9.17, 15) is 9.59 Å². The van der Waals surface area contributed by atoms with E-state index in [1.54, 1.807) is 13.1 Å². The summed E-state index contributed by atoms with van der Waals surface area (Å²) in [4.78, 5) is 28.5. The number of carbonyl (C=O) groups excluding carboxylic acids is 1. The molecule has 0 radical (unpaired) electrons. The van der Waals surface area contributed by atoms with Crippen LogP contribution in [0.1, 0.15) is 42.5 Å². The first-order valence-corrected chi connectivity index (χ1v) is 7.59. The minimum absolute atomic E-state index is 0.150. The quantitative estimate of drug-likeness (QED) is 0.893. The molecule has 21 heavy (non-hydrogen) atoms. The van der Waals surface area contributed by atoms with Crippen molar-refractivity contribution in [3.63, 3.8) is 0 Å². The van der Waals surface area contributed by atoms with Gasteiger partial charge in [0.25, 0.3) is 0 Å². The lowest BCUT2D eigenvalue weighted by molar-refractivity contribution is -0.130. The highest BCUT2D eigenvalue weighted by molar-refractivity contribution is 5.85. The van der Waals surface area contributed by atoms with E-state index in [4.69, 9.17) is 5.11 Å². The maximum atomic E-state index is 11.4. The Morgan fingerprint density at radius 2 is 1.95 bits per heavy atom. The normalized spacial score (nSPS) is 22.9. The van der Waals surface area contributed by atoms with Crippen molar-refractivity contribution in [2.75, 3.05) is 13.1 Å². The first-order chi connectivity index (χ1) is 10.0. The predicted octanol–water partition coefficient (Wildman–Crippen LogP) is 1.40. The number of aromatic carboxylic acids is 1. The van der Waals surface area contributed by atoms with Crippen LogP contribution in [0.15, 0.2) is 6.20 Å². The molecule has 1 amide bonds. The van der Waals surface area contributed by atoms with Crippen LogP contribution in [0, 0.1) is 11.8 Å². The molecule has 1 fully saturated rings. The Balaban J connectivity index is 1.64. The van der Waals surface area contributed by atoms with Gasteiger partial charge < -0.3 is 14.6 Å². The molecule has 0 saturated carbocycles. The van der Waals surface area contributed by atoms with Gasteiger partial charge in [0, 0.05) is 39.2 Å². The van der Waals surface area contributed by atoms with Crippen LogP contribution in [-0.4, -0.2) is 44.5 Å². The topological polar surface area (TPSA) is 75.4 Å². The summed E-state index contributed by atoms with van der Waals surface area (Å²) in [6.45, 7) is 4.20. The largest absolute Gasteiger partial charge is 0.476 e. The van der Waals surface area contributed by atoms with Gasteiger partial charge in [-0.1, -0.05) is 0 Å². The van der Waals surface area contributed by atoms with Crippen LogP contribution in [-0.2, 0) is 17.8 Å².